The predicted molar refractivity (Wildman–Crippen MR) is 54.7 cm³/mol. The number of hydrogen-bond acceptors (Lipinski definition) is 2. The topological polar surface area (TPSA) is 70.6 Å². The molecular formula is C9H21N3O. The Labute approximate surface area is 80.2 Å². The van der Waals surface area contributed by atoms with Gasteiger partial charge in [-0.05, 0) is 12.3 Å². The molecule has 4 N–H and O–H groups in total. The third-order valence-corrected chi connectivity index (χ3v) is 2.18. The van der Waals surface area contributed by atoms with Crippen molar-refractivity contribution < 1.29 is 5.21 Å². The number of aliphatic imine (C=N–C) groups is 1. The van der Waals surface area contributed by atoms with E-state index in [2.05, 4.69) is 18.8 Å². The molecule has 0 saturated carbocycles. The zero-order valence-corrected chi connectivity index (χ0v) is 8.58. The number of nitrogens with one attached hydrogen (secondary N) is 1. The highest BCUT2D eigenvalue weighted by atomic mass is 16.5. The van der Waals surface area contributed by atoms with E-state index in [9.17, 15) is 0 Å². The number of guanidine groups is 1. The molecule has 0 fully saturated rings. The molecule has 0 aliphatic rings. The molecule has 0 bridgehead atoms. The molecule has 0 amide bonds. The van der Waals surface area contributed by atoms with Gasteiger partial charge in [0, 0.05) is 6.54 Å². The van der Waals surface area contributed by atoms with E-state index in [1.807, 2.05) is 5.48 Å². The number of unbranched alkanes of at least 4 members (excludes halogenated alkanes) is 1. The fraction of sp³-hybridized carbons (Fsp3) is 0.889. The Bertz CT molecular complexity index is 148. The molecule has 4 nitrogen and oxygen atoms in total. The Morgan fingerprint density at radius 1 is 1.54 bits per heavy atom. The van der Waals surface area contributed by atoms with Gasteiger partial charge >= 0.3 is 0 Å². The number of rotatable bonds is 6. The summed E-state index contributed by atoms with van der Waals surface area (Å²) in [4.78, 5) is 4.00. The SMILES string of the molecule is CCCCC(CC)CN=C(N)NO. The van der Waals surface area contributed by atoms with E-state index in [0.29, 0.717) is 12.5 Å². The first-order valence-corrected chi connectivity index (χ1v) is 4.94. The maximum absolute atomic E-state index is 8.39. The first kappa shape index (κ1) is 12.2. The van der Waals surface area contributed by atoms with Crippen molar-refractivity contribution in [3.63, 3.8) is 0 Å². The molecule has 4 heteroatoms. The highest BCUT2D eigenvalue weighted by Crippen LogP contribution is 2.12. The van der Waals surface area contributed by atoms with Crippen LogP contribution in [0.5, 0.6) is 0 Å². The fourth-order valence-corrected chi connectivity index (χ4v) is 1.18. The molecule has 0 aromatic carbocycles. The molecular weight excluding hydrogens is 166 g/mol. The minimum atomic E-state index is 0.106. The van der Waals surface area contributed by atoms with Gasteiger partial charge in [0.2, 0.25) is 5.96 Å². The Hall–Kier alpha value is -0.770. The average Bonchev–Trinajstić information content (AvgIpc) is 2.17. The second kappa shape index (κ2) is 7.86. The second-order valence-electron chi connectivity index (χ2n) is 3.25. The predicted octanol–water partition coefficient (Wildman–Crippen LogP) is 1.50. The molecule has 0 radical (unpaired) electrons. The van der Waals surface area contributed by atoms with Crippen molar-refractivity contribution in [2.75, 3.05) is 6.54 Å². The molecule has 0 aliphatic carbocycles. The summed E-state index contributed by atoms with van der Waals surface area (Å²) in [5.74, 6) is 0.696. The van der Waals surface area contributed by atoms with Crippen molar-refractivity contribution in [2.45, 2.75) is 39.5 Å². The van der Waals surface area contributed by atoms with E-state index >= 15 is 0 Å². The Morgan fingerprint density at radius 3 is 2.69 bits per heavy atom. The average molecular weight is 187 g/mol. The van der Waals surface area contributed by atoms with Gasteiger partial charge in [-0.2, -0.15) is 0 Å². The van der Waals surface area contributed by atoms with Crippen LogP contribution in [-0.4, -0.2) is 17.7 Å². The first-order chi connectivity index (χ1) is 6.24. The zero-order valence-electron chi connectivity index (χ0n) is 8.58. The summed E-state index contributed by atoms with van der Waals surface area (Å²) in [5, 5.41) is 8.39. The van der Waals surface area contributed by atoms with Crippen LogP contribution in [0.2, 0.25) is 0 Å². The molecule has 0 rings (SSSR count). The third-order valence-electron chi connectivity index (χ3n) is 2.18. The number of hydroxylamine groups is 1. The summed E-state index contributed by atoms with van der Waals surface area (Å²) in [7, 11) is 0. The van der Waals surface area contributed by atoms with Gasteiger partial charge in [0.25, 0.3) is 0 Å². The third kappa shape index (κ3) is 6.40. The van der Waals surface area contributed by atoms with Crippen LogP contribution in [0.4, 0.5) is 0 Å². The van der Waals surface area contributed by atoms with Gasteiger partial charge < -0.3 is 5.73 Å². The van der Waals surface area contributed by atoms with Crippen molar-refractivity contribution in [1.82, 2.24) is 5.48 Å². The molecule has 13 heavy (non-hydrogen) atoms. The van der Waals surface area contributed by atoms with Gasteiger partial charge in [0.05, 0.1) is 0 Å². The summed E-state index contributed by atoms with van der Waals surface area (Å²) < 4.78 is 0. The lowest BCUT2D eigenvalue weighted by Gasteiger charge is -2.11. The van der Waals surface area contributed by atoms with Crippen molar-refractivity contribution in [2.24, 2.45) is 16.6 Å². The van der Waals surface area contributed by atoms with E-state index < -0.39 is 0 Å². The van der Waals surface area contributed by atoms with Gasteiger partial charge in [-0.1, -0.05) is 33.1 Å². The number of nitrogens with two attached hydrogens (primary N) is 1. The van der Waals surface area contributed by atoms with E-state index in [4.69, 9.17) is 10.9 Å². The van der Waals surface area contributed by atoms with Crippen LogP contribution < -0.4 is 11.2 Å². The Balaban J connectivity index is 3.70. The lowest BCUT2D eigenvalue weighted by molar-refractivity contribution is 0.232. The molecule has 0 aliphatic heterocycles. The number of nitrogens with zero attached hydrogens (tertiary/aromatic N) is 1. The van der Waals surface area contributed by atoms with Gasteiger partial charge in [-0.15, -0.1) is 0 Å². The maximum Gasteiger partial charge on any atom is 0.212 e. The van der Waals surface area contributed by atoms with Gasteiger partial charge in [0.1, 0.15) is 0 Å². The molecule has 0 heterocycles. The molecule has 0 aromatic heterocycles. The zero-order chi connectivity index (χ0) is 10.1. The van der Waals surface area contributed by atoms with Crippen molar-refractivity contribution in [3.05, 3.63) is 0 Å². The van der Waals surface area contributed by atoms with Gasteiger partial charge in [0.15, 0.2) is 0 Å². The number of hydrogen-bond donors (Lipinski definition) is 3. The molecule has 0 aromatic rings. The highest BCUT2D eigenvalue weighted by molar-refractivity contribution is 5.76. The molecule has 1 unspecified atom stereocenters. The monoisotopic (exact) mass is 187 g/mol. The van der Waals surface area contributed by atoms with Crippen LogP contribution in [0.3, 0.4) is 0 Å². The molecule has 0 saturated heterocycles. The van der Waals surface area contributed by atoms with Gasteiger partial charge in [-0.25, -0.2) is 5.48 Å². The summed E-state index contributed by atoms with van der Waals surface area (Å²) in [6.45, 7) is 5.04. The van der Waals surface area contributed by atoms with Crippen LogP contribution in [0.15, 0.2) is 4.99 Å². The van der Waals surface area contributed by atoms with Crippen LogP contribution in [0.1, 0.15) is 39.5 Å². The quantitative estimate of drug-likeness (QED) is 0.335. The van der Waals surface area contributed by atoms with E-state index in [1.54, 1.807) is 0 Å². The lowest BCUT2D eigenvalue weighted by atomic mass is 10.00. The lowest BCUT2D eigenvalue weighted by Crippen LogP contribution is -2.29. The second-order valence-corrected chi connectivity index (χ2v) is 3.25. The Morgan fingerprint density at radius 2 is 2.23 bits per heavy atom. The minimum Gasteiger partial charge on any atom is -0.368 e. The smallest absolute Gasteiger partial charge is 0.212 e. The van der Waals surface area contributed by atoms with Crippen LogP contribution in [0, 0.1) is 5.92 Å². The summed E-state index contributed by atoms with van der Waals surface area (Å²) in [5.41, 5.74) is 7.12. The van der Waals surface area contributed by atoms with Gasteiger partial charge in [-0.3, -0.25) is 10.2 Å². The van der Waals surface area contributed by atoms with Crippen molar-refractivity contribution >= 4 is 5.96 Å². The molecule has 78 valence electrons. The highest BCUT2D eigenvalue weighted by Gasteiger charge is 2.04. The Kier molecular flexibility index (Phi) is 7.39. The van der Waals surface area contributed by atoms with Crippen molar-refractivity contribution in [1.29, 1.82) is 0 Å². The van der Waals surface area contributed by atoms with E-state index in [1.165, 1.54) is 19.3 Å². The summed E-state index contributed by atoms with van der Waals surface area (Å²) in [6.07, 6.45) is 4.76. The fourth-order valence-electron chi connectivity index (χ4n) is 1.18. The first-order valence-electron chi connectivity index (χ1n) is 4.94. The van der Waals surface area contributed by atoms with Crippen LogP contribution in [0.25, 0.3) is 0 Å². The normalized spacial score (nSPS) is 14.2. The largest absolute Gasteiger partial charge is 0.368 e. The standard InChI is InChI=1S/C9H21N3O/c1-3-5-6-8(4-2)7-11-9(10)12-13/h8,13H,3-7H2,1-2H3,(H3,10,11,12). The van der Waals surface area contributed by atoms with Crippen LogP contribution >= 0.6 is 0 Å². The molecule has 0 spiro atoms. The molecule has 1 atom stereocenters. The van der Waals surface area contributed by atoms with E-state index in [0.717, 1.165) is 6.42 Å². The van der Waals surface area contributed by atoms with Crippen molar-refractivity contribution in [3.8, 4) is 0 Å². The van der Waals surface area contributed by atoms with Crippen LogP contribution in [-0.2, 0) is 0 Å². The van der Waals surface area contributed by atoms with E-state index in [-0.39, 0.29) is 5.96 Å². The maximum atomic E-state index is 8.39. The summed E-state index contributed by atoms with van der Waals surface area (Å²) >= 11 is 0. The minimum absolute atomic E-state index is 0.106. The summed E-state index contributed by atoms with van der Waals surface area (Å²) in [6, 6.07) is 0.